The first-order chi connectivity index (χ1) is 13.6. The molecule has 0 aliphatic heterocycles. The Morgan fingerprint density at radius 3 is 2.79 bits per heavy atom. The minimum Gasteiger partial charge on any atom is -0.467 e. The van der Waals surface area contributed by atoms with Crippen molar-refractivity contribution in [1.82, 2.24) is 25.1 Å². The van der Waals surface area contributed by atoms with Crippen LogP contribution >= 0.6 is 0 Å². The van der Waals surface area contributed by atoms with Crippen LogP contribution in [0.3, 0.4) is 0 Å². The summed E-state index contributed by atoms with van der Waals surface area (Å²) in [4.78, 5) is 20.5. The van der Waals surface area contributed by atoms with Gasteiger partial charge in [-0.25, -0.2) is 14.6 Å². The zero-order valence-corrected chi connectivity index (χ0v) is 15.5. The number of carbonyl (C=O) groups excluding carboxylic acids is 1. The van der Waals surface area contributed by atoms with Crippen LogP contribution in [0.2, 0.25) is 0 Å². The van der Waals surface area contributed by atoms with E-state index in [9.17, 15) is 4.79 Å². The molecule has 0 aliphatic carbocycles. The quantitative estimate of drug-likeness (QED) is 0.555. The van der Waals surface area contributed by atoms with Gasteiger partial charge in [0.15, 0.2) is 12.3 Å². The lowest BCUT2D eigenvalue weighted by molar-refractivity contribution is -0.123. The van der Waals surface area contributed by atoms with Crippen LogP contribution in [0, 0.1) is 13.8 Å². The van der Waals surface area contributed by atoms with E-state index in [1.807, 2.05) is 26.0 Å². The molecule has 0 spiro atoms. The molecular formula is C20H19N5O3. The summed E-state index contributed by atoms with van der Waals surface area (Å²) in [6.07, 6.45) is 4.60. The Hall–Kier alpha value is -3.68. The topological polar surface area (TPSA) is 95.1 Å². The Bertz CT molecular complexity index is 1100. The van der Waals surface area contributed by atoms with E-state index < -0.39 is 0 Å². The van der Waals surface area contributed by atoms with Gasteiger partial charge in [-0.05, 0) is 49.2 Å². The van der Waals surface area contributed by atoms with E-state index in [4.69, 9.17) is 9.15 Å². The van der Waals surface area contributed by atoms with Gasteiger partial charge in [-0.1, -0.05) is 6.07 Å². The predicted octanol–water partition coefficient (Wildman–Crippen LogP) is 2.72. The molecule has 0 saturated heterocycles. The number of ether oxygens (including phenoxy) is 1. The van der Waals surface area contributed by atoms with Crippen molar-refractivity contribution < 1.29 is 13.9 Å². The lowest BCUT2D eigenvalue weighted by Crippen LogP contribution is -2.28. The molecule has 1 aromatic carbocycles. The molecular weight excluding hydrogens is 358 g/mol. The maximum Gasteiger partial charge on any atom is 0.258 e. The van der Waals surface area contributed by atoms with Crippen LogP contribution in [0.15, 0.2) is 53.5 Å². The van der Waals surface area contributed by atoms with Gasteiger partial charge in [-0.3, -0.25) is 4.79 Å². The van der Waals surface area contributed by atoms with Crippen LogP contribution in [0.4, 0.5) is 0 Å². The summed E-state index contributed by atoms with van der Waals surface area (Å²) in [5.41, 5.74) is 3.80. The van der Waals surface area contributed by atoms with Crippen LogP contribution in [-0.4, -0.2) is 32.3 Å². The average Bonchev–Trinajstić information content (AvgIpc) is 3.33. The highest BCUT2D eigenvalue weighted by Crippen LogP contribution is 2.24. The van der Waals surface area contributed by atoms with E-state index in [1.165, 1.54) is 6.33 Å². The number of rotatable bonds is 6. The summed E-state index contributed by atoms with van der Waals surface area (Å²) in [6, 6.07) is 9.72. The lowest BCUT2D eigenvalue weighted by Gasteiger charge is -2.08. The lowest BCUT2D eigenvalue weighted by atomic mass is 10.1. The normalized spacial score (nSPS) is 10.9. The van der Waals surface area contributed by atoms with Crippen LogP contribution in [0.25, 0.3) is 16.7 Å². The third kappa shape index (κ3) is 3.71. The Labute approximate surface area is 161 Å². The van der Waals surface area contributed by atoms with Gasteiger partial charge in [0.2, 0.25) is 5.88 Å². The minimum atomic E-state index is -0.273. The van der Waals surface area contributed by atoms with Gasteiger partial charge in [0, 0.05) is 0 Å². The van der Waals surface area contributed by atoms with Crippen molar-refractivity contribution >= 4 is 16.9 Å². The molecule has 4 rings (SSSR count). The molecule has 0 radical (unpaired) electrons. The molecule has 28 heavy (non-hydrogen) atoms. The summed E-state index contributed by atoms with van der Waals surface area (Å²) < 4.78 is 12.5. The van der Waals surface area contributed by atoms with Gasteiger partial charge in [0.1, 0.15) is 17.5 Å². The zero-order valence-electron chi connectivity index (χ0n) is 15.5. The summed E-state index contributed by atoms with van der Waals surface area (Å²) >= 11 is 0. The van der Waals surface area contributed by atoms with Gasteiger partial charge in [-0.15, -0.1) is 0 Å². The largest absolute Gasteiger partial charge is 0.467 e. The number of aromatic nitrogens is 4. The highest BCUT2D eigenvalue weighted by molar-refractivity contribution is 5.82. The first-order valence-electron chi connectivity index (χ1n) is 8.79. The fourth-order valence-corrected chi connectivity index (χ4v) is 2.98. The zero-order chi connectivity index (χ0) is 19.5. The first kappa shape index (κ1) is 17.7. The van der Waals surface area contributed by atoms with E-state index in [1.54, 1.807) is 29.3 Å². The number of furan rings is 1. The van der Waals surface area contributed by atoms with Gasteiger partial charge in [0.25, 0.3) is 5.91 Å². The van der Waals surface area contributed by atoms with Crippen molar-refractivity contribution in [3.63, 3.8) is 0 Å². The third-order valence-electron chi connectivity index (χ3n) is 4.16. The molecule has 142 valence electrons. The number of carbonyl (C=O) groups is 1. The second-order valence-corrected chi connectivity index (χ2v) is 6.46. The molecule has 3 heterocycles. The molecule has 0 unspecified atom stereocenters. The SMILES string of the molecule is Cc1cc(C)cc(-n2ncc3c(OCC(=O)NCc4ccco4)ncnc32)c1. The van der Waals surface area contributed by atoms with Crippen molar-refractivity contribution in [3.05, 3.63) is 66.0 Å². The number of fused-ring (bicyclic) bond motifs is 1. The Morgan fingerprint density at radius 2 is 2.04 bits per heavy atom. The standard InChI is InChI=1S/C20H19N5O3/c1-13-6-14(2)8-15(7-13)25-19-17(10-24-25)20(23-12-22-19)28-11-18(26)21-9-16-4-3-5-27-16/h3-8,10,12H,9,11H2,1-2H3,(H,21,26). The molecule has 0 bridgehead atoms. The number of nitrogens with zero attached hydrogens (tertiary/aromatic N) is 4. The molecule has 0 fully saturated rings. The summed E-state index contributed by atoms with van der Waals surface area (Å²) in [5, 5.41) is 7.79. The first-order valence-corrected chi connectivity index (χ1v) is 8.79. The average molecular weight is 377 g/mol. The number of hydrogen-bond acceptors (Lipinski definition) is 6. The molecule has 8 nitrogen and oxygen atoms in total. The van der Waals surface area contributed by atoms with Gasteiger partial charge in [0.05, 0.1) is 24.7 Å². The molecule has 0 atom stereocenters. The van der Waals surface area contributed by atoms with Gasteiger partial charge in [-0.2, -0.15) is 5.10 Å². The molecule has 0 aliphatic rings. The van der Waals surface area contributed by atoms with Crippen molar-refractivity contribution in [2.75, 3.05) is 6.61 Å². The maximum absolute atomic E-state index is 12.0. The van der Waals surface area contributed by atoms with Crippen LogP contribution < -0.4 is 10.1 Å². The van der Waals surface area contributed by atoms with E-state index >= 15 is 0 Å². The smallest absolute Gasteiger partial charge is 0.258 e. The number of amides is 1. The van der Waals surface area contributed by atoms with Crippen molar-refractivity contribution in [1.29, 1.82) is 0 Å². The fraction of sp³-hybridized carbons (Fsp3) is 0.200. The third-order valence-corrected chi connectivity index (χ3v) is 4.16. The van der Waals surface area contributed by atoms with E-state index in [0.717, 1.165) is 16.8 Å². The Kier molecular flexibility index (Phi) is 4.76. The van der Waals surface area contributed by atoms with E-state index in [0.29, 0.717) is 29.2 Å². The molecule has 0 saturated carbocycles. The Balaban J connectivity index is 1.51. The predicted molar refractivity (Wildman–Crippen MR) is 102 cm³/mol. The summed E-state index contributed by atoms with van der Waals surface area (Å²) in [7, 11) is 0. The highest BCUT2D eigenvalue weighted by Gasteiger charge is 2.14. The van der Waals surface area contributed by atoms with Gasteiger partial charge >= 0.3 is 0 Å². The second-order valence-electron chi connectivity index (χ2n) is 6.46. The van der Waals surface area contributed by atoms with E-state index in [2.05, 4.69) is 26.4 Å². The van der Waals surface area contributed by atoms with Crippen molar-refractivity contribution in [3.8, 4) is 11.6 Å². The summed E-state index contributed by atoms with van der Waals surface area (Å²) in [6.45, 7) is 4.21. The van der Waals surface area contributed by atoms with Crippen molar-refractivity contribution in [2.45, 2.75) is 20.4 Å². The second kappa shape index (κ2) is 7.51. The number of nitrogens with one attached hydrogen (secondary N) is 1. The van der Waals surface area contributed by atoms with Crippen LogP contribution in [0.1, 0.15) is 16.9 Å². The van der Waals surface area contributed by atoms with Crippen LogP contribution in [-0.2, 0) is 11.3 Å². The maximum atomic E-state index is 12.0. The molecule has 4 aromatic rings. The van der Waals surface area contributed by atoms with Gasteiger partial charge < -0.3 is 14.5 Å². The monoisotopic (exact) mass is 377 g/mol. The molecule has 1 amide bonds. The van der Waals surface area contributed by atoms with Crippen molar-refractivity contribution in [2.24, 2.45) is 0 Å². The summed E-state index contributed by atoms with van der Waals surface area (Å²) in [5.74, 6) is 0.714. The Morgan fingerprint density at radius 1 is 1.21 bits per heavy atom. The number of hydrogen-bond donors (Lipinski definition) is 1. The van der Waals surface area contributed by atoms with Crippen LogP contribution in [0.5, 0.6) is 5.88 Å². The van der Waals surface area contributed by atoms with E-state index in [-0.39, 0.29) is 12.5 Å². The fourth-order valence-electron chi connectivity index (χ4n) is 2.98. The highest BCUT2D eigenvalue weighted by atomic mass is 16.5. The number of aryl methyl sites for hydroxylation is 2. The minimum absolute atomic E-state index is 0.165. The number of benzene rings is 1. The molecule has 3 aromatic heterocycles. The molecule has 8 heteroatoms. The molecule has 1 N–H and O–H groups in total.